The summed E-state index contributed by atoms with van der Waals surface area (Å²) < 4.78 is 6.18. The maximum Gasteiger partial charge on any atom is 0.243 e. The molecule has 0 saturated carbocycles. The first-order chi connectivity index (χ1) is 24.9. The third-order valence-electron chi connectivity index (χ3n) is 8.48. The van der Waals surface area contributed by atoms with Crippen molar-refractivity contribution in [2.75, 3.05) is 25.0 Å². The van der Waals surface area contributed by atoms with Crippen LogP contribution >= 0.6 is 0 Å². The molecule has 3 amide bonds. The van der Waals surface area contributed by atoms with Gasteiger partial charge in [-0.15, -0.1) is 0 Å². The number of hydrogen-bond acceptors (Lipinski definition) is 6. The molecule has 0 atom stereocenters. The molecule has 4 aromatic carbocycles. The molecule has 0 bridgehead atoms. The van der Waals surface area contributed by atoms with Gasteiger partial charge in [0.2, 0.25) is 23.6 Å². The fourth-order valence-electron chi connectivity index (χ4n) is 6.00. The van der Waals surface area contributed by atoms with Crippen LogP contribution in [-0.2, 0) is 33.8 Å². The van der Waals surface area contributed by atoms with Gasteiger partial charge in [0, 0.05) is 29.9 Å². The van der Waals surface area contributed by atoms with E-state index in [1.165, 1.54) is 0 Å². The maximum atomic E-state index is 13.1. The van der Waals surface area contributed by atoms with Crippen molar-refractivity contribution in [3.63, 3.8) is 0 Å². The van der Waals surface area contributed by atoms with Crippen molar-refractivity contribution in [2.45, 2.75) is 46.1 Å². The zero-order chi connectivity index (χ0) is 35.6. The Labute approximate surface area is 297 Å². The summed E-state index contributed by atoms with van der Waals surface area (Å²) in [6, 6.07) is 32.4. The lowest BCUT2D eigenvalue weighted by molar-refractivity contribution is -0.134. The van der Waals surface area contributed by atoms with Crippen molar-refractivity contribution in [3.8, 4) is 22.8 Å². The highest BCUT2D eigenvalue weighted by atomic mass is 16.4. The molecule has 6 rings (SSSR count). The number of carbonyl (C=O) groups is 3. The van der Waals surface area contributed by atoms with E-state index in [1.807, 2.05) is 109 Å². The van der Waals surface area contributed by atoms with E-state index in [9.17, 15) is 14.4 Å². The standard InChI is InChI=1S/C41H42N6O4/c1-3-20-46(39(49)22-29-12-7-5-8-13-29)27-37-44-34-19-18-32(25-35(34)45-37)41-42-26-36(51-41)31-16-11-17-33(24-31)43-38(48)28-47(21-4-2)40(50)23-30-14-9-6-10-15-30/h5-19,24-26H,3-4,20-23,27-28H2,1-2H3,(H,43,48)(H,44,45). The average molecular weight is 683 g/mol. The number of fused-ring (bicyclic) bond motifs is 1. The first-order valence-electron chi connectivity index (χ1n) is 17.4. The normalized spacial score (nSPS) is 11.0. The number of imidazole rings is 1. The number of anilines is 1. The number of carbonyl (C=O) groups excluding carboxylic acids is 3. The Kier molecular flexibility index (Phi) is 11.3. The molecular formula is C41H42N6O4. The van der Waals surface area contributed by atoms with Gasteiger partial charge in [-0.3, -0.25) is 14.4 Å². The Hall–Kier alpha value is -6.03. The number of hydrogen-bond donors (Lipinski definition) is 2. The van der Waals surface area contributed by atoms with Crippen LogP contribution in [0, 0.1) is 0 Å². The molecule has 260 valence electrons. The van der Waals surface area contributed by atoms with Gasteiger partial charge in [0.1, 0.15) is 5.82 Å². The molecule has 10 heteroatoms. The SMILES string of the molecule is CCCN(CC(=O)Nc1cccc(-c2cnc(-c3ccc4nc(CN(CCC)C(=O)Cc5ccccc5)[nH]c4c3)o2)c1)C(=O)Cc1ccccc1. The number of aromatic nitrogens is 3. The number of aromatic amines is 1. The zero-order valence-electron chi connectivity index (χ0n) is 29.0. The first-order valence-corrected chi connectivity index (χ1v) is 17.4. The molecule has 6 aromatic rings. The van der Waals surface area contributed by atoms with Gasteiger partial charge in [-0.05, 0) is 54.3 Å². The van der Waals surface area contributed by atoms with Gasteiger partial charge in [0.05, 0.1) is 43.2 Å². The second-order valence-corrected chi connectivity index (χ2v) is 12.5. The predicted octanol–water partition coefficient (Wildman–Crippen LogP) is 7.29. The van der Waals surface area contributed by atoms with Crippen LogP contribution in [0.2, 0.25) is 0 Å². The van der Waals surface area contributed by atoms with Gasteiger partial charge >= 0.3 is 0 Å². The molecule has 0 saturated heterocycles. The third kappa shape index (κ3) is 9.16. The summed E-state index contributed by atoms with van der Waals surface area (Å²) >= 11 is 0. The summed E-state index contributed by atoms with van der Waals surface area (Å²) in [4.78, 5) is 55.2. The summed E-state index contributed by atoms with van der Waals surface area (Å²) in [6.07, 6.45) is 3.85. The summed E-state index contributed by atoms with van der Waals surface area (Å²) in [5, 5.41) is 2.93. The van der Waals surface area contributed by atoms with Crippen LogP contribution in [0.15, 0.2) is 114 Å². The van der Waals surface area contributed by atoms with Crippen LogP contribution in [-0.4, -0.2) is 62.1 Å². The highest BCUT2D eigenvalue weighted by Crippen LogP contribution is 2.29. The highest BCUT2D eigenvalue weighted by molar-refractivity contribution is 5.95. The van der Waals surface area contributed by atoms with E-state index in [-0.39, 0.29) is 30.7 Å². The smallest absolute Gasteiger partial charge is 0.243 e. The molecule has 0 spiro atoms. The van der Waals surface area contributed by atoms with Crippen molar-refractivity contribution in [3.05, 3.63) is 126 Å². The second-order valence-electron chi connectivity index (χ2n) is 12.5. The van der Waals surface area contributed by atoms with Crippen molar-refractivity contribution < 1.29 is 18.8 Å². The zero-order valence-corrected chi connectivity index (χ0v) is 29.0. The quantitative estimate of drug-likeness (QED) is 0.117. The van der Waals surface area contributed by atoms with Gasteiger partial charge in [-0.25, -0.2) is 9.97 Å². The fourth-order valence-corrected chi connectivity index (χ4v) is 6.00. The number of amides is 3. The van der Waals surface area contributed by atoms with Gasteiger partial charge < -0.3 is 24.5 Å². The minimum atomic E-state index is -0.272. The summed E-state index contributed by atoms with van der Waals surface area (Å²) in [5.41, 5.74) is 5.62. The Bertz CT molecular complexity index is 2090. The molecule has 2 heterocycles. The van der Waals surface area contributed by atoms with Crippen molar-refractivity contribution >= 4 is 34.4 Å². The Balaban J connectivity index is 1.10. The lowest BCUT2D eigenvalue weighted by Crippen LogP contribution is -2.39. The average Bonchev–Trinajstić information content (AvgIpc) is 3.79. The molecule has 2 N–H and O–H groups in total. The molecule has 0 unspecified atom stereocenters. The Morgan fingerprint density at radius 3 is 2.10 bits per heavy atom. The number of oxazole rings is 1. The van der Waals surface area contributed by atoms with Crippen LogP contribution in [0.4, 0.5) is 5.69 Å². The summed E-state index contributed by atoms with van der Waals surface area (Å²) in [5.74, 6) is 1.40. The van der Waals surface area contributed by atoms with Gasteiger partial charge in [-0.2, -0.15) is 0 Å². The minimum Gasteiger partial charge on any atom is -0.436 e. The first kappa shape index (κ1) is 34.8. The minimum absolute atomic E-state index is 0.0331. The van der Waals surface area contributed by atoms with Crippen LogP contribution < -0.4 is 5.32 Å². The molecule has 2 aromatic heterocycles. The van der Waals surface area contributed by atoms with Gasteiger partial charge in [-0.1, -0.05) is 86.6 Å². The molecule has 0 radical (unpaired) electrons. The monoisotopic (exact) mass is 682 g/mol. The predicted molar refractivity (Wildman–Crippen MR) is 199 cm³/mol. The number of rotatable bonds is 15. The van der Waals surface area contributed by atoms with Crippen molar-refractivity contribution in [1.29, 1.82) is 0 Å². The van der Waals surface area contributed by atoms with Crippen LogP contribution in [0.25, 0.3) is 33.8 Å². The topological polar surface area (TPSA) is 124 Å². The van der Waals surface area contributed by atoms with Gasteiger partial charge in [0.25, 0.3) is 0 Å². The number of nitrogens with one attached hydrogen (secondary N) is 2. The van der Waals surface area contributed by atoms with Crippen molar-refractivity contribution in [1.82, 2.24) is 24.8 Å². The van der Waals surface area contributed by atoms with Crippen LogP contribution in [0.1, 0.15) is 43.6 Å². The molecule has 0 aliphatic rings. The number of benzene rings is 4. The largest absolute Gasteiger partial charge is 0.436 e. The van der Waals surface area contributed by atoms with E-state index < -0.39 is 0 Å². The van der Waals surface area contributed by atoms with Crippen LogP contribution in [0.5, 0.6) is 0 Å². The maximum absolute atomic E-state index is 13.1. The molecule has 0 fully saturated rings. The second kappa shape index (κ2) is 16.6. The third-order valence-corrected chi connectivity index (χ3v) is 8.48. The van der Waals surface area contributed by atoms with E-state index in [0.29, 0.717) is 49.2 Å². The number of nitrogens with zero attached hydrogens (tertiary/aromatic N) is 4. The van der Waals surface area contributed by atoms with E-state index >= 15 is 0 Å². The number of H-pyrrole nitrogens is 1. The van der Waals surface area contributed by atoms with Crippen LogP contribution in [0.3, 0.4) is 0 Å². The van der Waals surface area contributed by atoms with E-state index in [4.69, 9.17) is 9.40 Å². The van der Waals surface area contributed by atoms with E-state index in [1.54, 1.807) is 17.2 Å². The molecule has 51 heavy (non-hydrogen) atoms. The molecule has 10 nitrogen and oxygen atoms in total. The van der Waals surface area contributed by atoms with Gasteiger partial charge in [0.15, 0.2) is 5.76 Å². The highest BCUT2D eigenvalue weighted by Gasteiger charge is 2.19. The van der Waals surface area contributed by atoms with E-state index in [0.717, 1.165) is 46.1 Å². The summed E-state index contributed by atoms with van der Waals surface area (Å²) in [6.45, 7) is 5.54. The van der Waals surface area contributed by atoms with Crippen molar-refractivity contribution in [2.24, 2.45) is 0 Å². The Morgan fingerprint density at radius 2 is 1.41 bits per heavy atom. The lowest BCUT2D eigenvalue weighted by atomic mass is 10.1. The fraction of sp³-hybridized carbons (Fsp3) is 0.244. The molecular weight excluding hydrogens is 640 g/mol. The lowest BCUT2D eigenvalue weighted by Gasteiger charge is -2.22. The molecule has 0 aliphatic carbocycles. The summed E-state index contributed by atoms with van der Waals surface area (Å²) in [7, 11) is 0. The van der Waals surface area contributed by atoms with E-state index in [2.05, 4.69) is 22.2 Å². The Morgan fingerprint density at radius 1 is 0.745 bits per heavy atom. The molecule has 0 aliphatic heterocycles.